The average molecular weight is 444 g/mol. The lowest BCUT2D eigenvalue weighted by Gasteiger charge is -2.33. The summed E-state index contributed by atoms with van der Waals surface area (Å²) in [5.41, 5.74) is 0.710. The minimum Gasteiger partial charge on any atom is -0.351 e. The molecule has 1 heterocycles. The first-order valence-electron chi connectivity index (χ1n) is 10.4. The van der Waals surface area contributed by atoms with Gasteiger partial charge in [0, 0.05) is 32.5 Å². The van der Waals surface area contributed by atoms with Crippen LogP contribution in [0, 0.1) is 11.6 Å². The third-order valence-corrected chi connectivity index (χ3v) is 5.27. The molecule has 0 radical (unpaired) electrons. The first kappa shape index (κ1) is 23.2. The molecule has 0 spiro atoms. The molecule has 3 N–H and O–H groups in total. The zero-order valence-corrected chi connectivity index (χ0v) is 17.7. The Labute approximate surface area is 185 Å². The SMILES string of the molecule is CC(=O)NC(Cc1cccc(F)c1)C(=O)NC1CCN(C(=O)Nc2ccccc2F)CC1. The minimum atomic E-state index is -0.836. The lowest BCUT2D eigenvalue weighted by molar-refractivity contribution is -0.128. The first-order valence-corrected chi connectivity index (χ1v) is 10.4. The first-order chi connectivity index (χ1) is 15.3. The third-order valence-electron chi connectivity index (χ3n) is 5.27. The second kappa shape index (κ2) is 10.7. The second-order valence-electron chi connectivity index (χ2n) is 7.77. The third kappa shape index (κ3) is 6.50. The molecule has 7 nitrogen and oxygen atoms in total. The van der Waals surface area contributed by atoms with Crippen molar-refractivity contribution in [1.29, 1.82) is 0 Å². The van der Waals surface area contributed by atoms with Crippen LogP contribution < -0.4 is 16.0 Å². The normalized spacial score (nSPS) is 15.0. The molecule has 2 aromatic rings. The zero-order valence-electron chi connectivity index (χ0n) is 17.7. The fraction of sp³-hybridized carbons (Fsp3) is 0.348. The molecule has 170 valence electrons. The van der Waals surface area contributed by atoms with Crippen molar-refractivity contribution >= 4 is 23.5 Å². The minimum absolute atomic E-state index is 0.114. The van der Waals surface area contributed by atoms with E-state index in [1.165, 1.54) is 31.2 Å². The molecule has 1 atom stereocenters. The Morgan fingerprint density at radius 3 is 2.44 bits per heavy atom. The summed E-state index contributed by atoms with van der Waals surface area (Å²) in [7, 11) is 0. The van der Waals surface area contributed by atoms with E-state index in [9.17, 15) is 23.2 Å². The van der Waals surface area contributed by atoms with Crippen LogP contribution in [0.4, 0.5) is 19.3 Å². The van der Waals surface area contributed by atoms with Crippen molar-refractivity contribution in [2.24, 2.45) is 0 Å². The van der Waals surface area contributed by atoms with Crippen LogP contribution in [-0.2, 0) is 16.0 Å². The molecule has 4 amide bonds. The number of nitrogens with one attached hydrogen (secondary N) is 3. The van der Waals surface area contributed by atoms with Gasteiger partial charge >= 0.3 is 6.03 Å². The summed E-state index contributed by atoms with van der Waals surface area (Å²) in [6.45, 7) is 2.10. The molecule has 1 unspecified atom stereocenters. The van der Waals surface area contributed by atoms with Gasteiger partial charge in [-0.1, -0.05) is 24.3 Å². The van der Waals surface area contributed by atoms with Crippen LogP contribution in [-0.4, -0.2) is 47.9 Å². The number of hydrogen-bond donors (Lipinski definition) is 3. The summed E-state index contributed by atoms with van der Waals surface area (Å²) in [6, 6.07) is 10.4. The highest BCUT2D eigenvalue weighted by molar-refractivity contribution is 5.89. The Morgan fingerprint density at radius 2 is 1.78 bits per heavy atom. The Bertz CT molecular complexity index is 977. The number of halogens is 2. The molecular formula is C23H26F2N4O3. The van der Waals surface area contributed by atoms with Crippen molar-refractivity contribution in [3.05, 3.63) is 65.7 Å². The number of anilines is 1. The molecule has 2 aromatic carbocycles. The summed E-state index contributed by atoms with van der Waals surface area (Å²) >= 11 is 0. The summed E-state index contributed by atoms with van der Waals surface area (Å²) in [5.74, 6) is -1.64. The Kier molecular flexibility index (Phi) is 7.75. The van der Waals surface area contributed by atoms with E-state index in [1.54, 1.807) is 29.2 Å². The lowest BCUT2D eigenvalue weighted by Crippen LogP contribution is -2.53. The summed E-state index contributed by atoms with van der Waals surface area (Å²) < 4.78 is 27.2. The number of rotatable bonds is 6. The van der Waals surface area contributed by atoms with E-state index in [0.717, 1.165) is 0 Å². The molecule has 9 heteroatoms. The quantitative estimate of drug-likeness (QED) is 0.640. The number of nitrogens with zero attached hydrogens (tertiary/aromatic N) is 1. The van der Waals surface area contributed by atoms with Gasteiger partial charge in [0.25, 0.3) is 0 Å². The highest BCUT2D eigenvalue weighted by Crippen LogP contribution is 2.16. The number of carbonyl (C=O) groups excluding carboxylic acids is 3. The Hall–Kier alpha value is -3.49. The summed E-state index contributed by atoms with van der Waals surface area (Å²) in [4.78, 5) is 38.3. The largest absolute Gasteiger partial charge is 0.351 e. The number of urea groups is 1. The van der Waals surface area contributed by atoms with E-state index in [2.05, 4.69) is 16.0 Å². The van der Waals surface area contributed by atoms with Crippen LogP contribution in [0.15, 0.2) is 48.5 Å². The molecule has 1 aliphatic heterocycles. The Morgan fingerprint density at radius 1 is 1.06 bits per heavy atom. The second-order valence-corrected chi connectivity index (χ2v) is 7.77. The van der Waals surface area contributed by atoms with Gasteiger partial charge in [-0.2, -0.15) is 0 Å². The van der Waals surface area contributed by atoms with Crippen LogP contribution in [0.25, 0.3) is 0 Å². The number of piperidine rings is 1. The van der Waals surface area contributed by atoms with Gasteiger partial charge < -0.3 is 20.9 Å². The molecular weight excluding hydrogens is 418 g/mol. The topological polar surface area (TPSA) is 90.5 Å². The predicted molar refractivity (Wildman–Crippen MR) is 116 cm³/mol. The van der Waals surface area contributed by atoms with Gasteiger partial charge in [-0.3, -0.25) is 9.59 Å². The van der Waals surface area contributed by atoms with Crippen molar-refractivity contribution in [2.45, 2.75) is 38.3 Å². The predicted octanol–water partition coefficient (Wildman–Crippen LogP) is 2.82. The standard InChI is InChI=1S/C23H26F2N4O3/c1-15(30)26-21(14-16-5-4-6-17(24)13-16)22(31)27-18-9-11-29(12-10-18)23(32)28-20-8-3-2-7-19(20)25/h2-8,13,18,21H,9-12,14H2,1H3,(H,26,30)(H,27,31)(H,28,32). The molecule has 0 bridgehead atoms. The monoisotopic (exact) mass is 444 g/mol. The van der Waals surface area contributed by atoms with Gasteiger partial charge in [0.2, 0.25) is 11.8 Å². The van der Waals surface area contributed by atoms with Crippen LogP contribution >= 0.6 is 0 Å². The maximum atomic E-state index is 13.7. The van der Waals surface area contributed by atoms with E-state index in [4.69, 9.17) is 0 Å². The smallest absolute Gasteiger partial charge is 0.321 e. The molecule has 0 aromatic heterocycles. The van der Waals surface area contributed by atoms with E-state index >= 15 is 0 Å². The van der Waals surface area contributed by atoms with Crippen molar-refractivity contribution < 1.29 is 23.2 Å². The summed E-state index contributed by atoms with van der Waals surface area (Å²) in [6.07, 6.45) is 1.19. The van der Waals surface area contributed by atoms with Gasteiger partial charge in [-0.25, -0.2) is 13.6 Å². The van der Waals surface area contributed by atoms with Crippen molar-refractivity contribution in [3.8, 4) is 0 Å². The average Bonchev–Trinajstić information content (AvgIpc) is 2.75. The van der Waals surface area contributed by atoms with Gasteiger partial charge in [0.15, 0.2) is 0 Å². The number of para-hydroxylation sites is 1. The highest BCUT2D eigenvalue weighted by Gasteiger charge is 2.27. The molecule has 1 saturated heterocycles. The number of amides is 4. The molecule has 0 aliphatic carbocycles. The van der Waals surface area contributed by atoms with Crippen LogP contribution in [0.1, 0.15) is 25.3 Å². The van der Waals surface area contributed by atoms with Gasteiger partial charge in [0.05, 0.1) is 5.69 Å². The molecule has 32 heavy (non-hydrogen) atoms. The van der Waals surface area contributed by atoms with E-state index in [-0.39, 0.29) is 30.0 Å². The van der Waals surface area contributed by atoms with Crippen molar-refractivity contribution in [3.63, 3.8) is 0 Å². The lowest BCUT2D eigenvalue weighted by atomic mass is 10.0. The molecule has 1 aliphatic rings. The van der Waals surface area contributed by atoms with Gasteiger partial charge in [0.1, 0.15) is 17.7 Å². The molecule has 1 fully saturated rings. The van der Waals surface area contributed by atoms with E-state index < -0.39 is 23.7 Å². The summed E-state index contributed by atoms with van der Waals surface area (Å²) in [5, 5.41) is 8.08. The molecule has 0 saturated carbocycles. The van der Waals surface area contributed by atoms with Crippen LogP contribution in [0.5, 0.6) is 0 Å². The van der Waals surface area contributed by atoms with Crippen molar-refractivity contribution in [2.75, 3.05) is 18.4 Å². The molecule has 3 rings (SSSR count). The highest BCUT2D eigenvalue weighted by atomic mass is 19.1. The fourth-order valence-corrected chi connectivity index (χ4v) is 3.64. The maximum absolute atomic E-state index is 13.7. The zero-order chi connectivity index (χ0) is 23.1. The van der Waals surface area contributed by atoms with Crippen LogP contribution in [0.3, 0.4) is 0 Å². The van der Waals surface area contributed by atoms with Gasteiger partial charge in [-0.15, -0.1) is 0 Å². The Balaban J connectivity index is 1.53. The van der Waals surface area contributed by atoms with Gasteiger partial charge in [-0.05, 0) is 42.7 Å². The van der Waals surface area contributed by atoms with E-state index in [0.29, 0.717) is 31.5 Å². The maximum Gasteiger partial charge on any atom is 0.321 e. The number of likely N-dealkylation sites (tertiary alicyclic amines) is 1. The number of hydrogen-bond acceptors (Lipinski definition) is 3. The van der Waals surface area contributed by atoms with E-state index in [1.807, 2.05) is 0 Å². The number of benzene rings is 2. The van der Waals surface area contributed by atoms with Crippen molar-refractivity contribution in [1.82, 2.24) is 15.5 Å². The fourth-order valence-electron chi connectivity index (χ4n) is 3.64. The van der Waals surface area contributed by atoms with Crippen LogP contribution in [0.2, 0.25) is 0 Å². The number of carbonyl (C=O) groups is 3.